The van der Waals surface area contributed by atoms with Crippen LogP contribution in [-0.4, -0.2) is 4.57 Å². The Bertz CT molecular complexity index is 557. The van der Waals surface area contributed by atoms with Crippen molar-refractivity contribution in [1.82, 2.24) is 4.57 Å². The SMILES string of the molecule is CCn1cc(NCc2sccc2C)ccc1=O. The molecular formula is C13H16N2OS. The van der Waals surface area contributed by atoms with Crippen LogP contribution in [0.1, 0.15) is 17.4 Å². The normalized spacial score (nSPS) is 10.5. The summed E-state index contributed by atoms with van der Waals surface area (Å²) in [5, 5.41) is 5.44. The molecule has 0 radical (unpaired) electrons. The first-order valence-corrected chi connectivity index (χ1v) is 6.56. The van der Waals surface area contributed by atoms with Crippen LogP contribution < -0.4 is 10.9 Å². The molecule has 0 saturated heterocycles. The van der Waals surface area contributed by atoms with Gasteiger partial charge in [-0.2, -0.15) is 0 Å². The van der Waals surface area contributed by atoms with E-state index in [1.807, 2.05) is 19.2 Å². The first kappa shape index (κ1) is 11.9. The quantitative estimate of drug-likeness (QED) is 0.902. The van der Waals surface area contributed by atoms with Gasteiger partial charge >= 0.3 is 0 Å². The maximum atomic E-state index is 11.4. The molecule has 0 amide bonds. The van der Waals surface area contributed by atoms with Gasteiger partial charge in [0.2, 0.25) is 0 Å². The molecule has 2 aromatic heterocycles. The summed E-state index contributed by atoms with van der Waals surface area (Å²) in [6.45, 7) is 5.59. The van der Waals surface area contributed by atoms with E-state index in [1.165, 1.54) is 10.4 Å². The van der Waals surface area contributed by atoms with Crippen molar-refractivity contribution >= 4 is 17.0 Å². The zero-order chi connectivity index (χ0) is 12.3. The van der Waals surface area contributed by atoms with Crippen molar-refractivity contribution in [2.24, 2.45) is 0 Å². The molecule has 0 aliphatic heterocycles. The van der Waals surface area contributed by atoms with Gasteiger partial charge in [0.15, 0.2) is 0 Å². The molecule has 2 heterocycles. The van der Waals surface area contributed by atoms with Crippen molar-refractivity contribution in [3.8, 4) is 0 Å². The van der Waals surface area contributed by atoms with Crippen LogP contribution in [0.2, 0.25) is 0 Å². The molecule has 90 valence electrons. The third-order valence-electron chi connectivity index (χ3n) is 2.75. The molecule has 0 bridgehead atoms. The van der Waals surface area contributed by atoms with E-state index in [-0.39, 0.29) is 5.56 Å². The highest BCUT2D eigenvalue weighted by molar-refractivity contribution is 7.10. The molecule has 0 aliphatic carbocycles. The van der Waals surface area contributed by atoms with Crippen LogP contribution in [0.5, 0.6) is 0 Å². The summed E-state index contributed by atoms with van der Waals surface area (Å²) in [7, 11) is 0. The topological polar surface area (TPSA) is 34.0 Å². The Hall–Kier alpha value is -1.55. The number of aryl methyl sites for hydroxylation is 2. The first-order chi connectivity index (χ1) is 8.20. The summed E-state index contributed by atoms with van der Waals surface area (Å²) in [5.74, 6) is 0. The molecule has 0 spiro atoms. The van der Waals surface area contributed by atoms with Gasteiger partial charge in [0, 0.05) is 30.2 Å². The second-order valence-electron chi connectivity index (χ2n) is 3.92. The minimum absolute atomic E-state index is 0.0466. The van der Waals surface area contributed by atoms with Crippen LogP contribution >= 0.6 is 11.3 Å². The molecule has 0 aliphatic rings. The molecule has 1 N–H and O–H groups in total. The maximum Gasteiger partial charge on any atom is 0.250 e. The van der Waals surface area contributed by atoms with Crippen LogP contribution in [0.25, 0.3) is 0 Å². The molecule has 0 saturated carbocycles. The lowest BCUT2D eigenvalue weighted by atomic mass is 10.3. The summed E-state index contributed by atoms with van der Waals surface area (Å²) < 4.78 is 1.70. The number of hydrogen-bond donors (Lipinski definition) is 1. The largest absolute Gasteiger partial charge is 0.379 e. The van der Waals surface area contributed by atoms with Gasteiger partial charge in [-0.1, -0.05) is 0 Å². The maximum absolute atomic E-state index is 11.4. The van der Waals surface area contributed by atoms with E-state index in [4.69, 9.17) is 0 Å². The molecular weight excluding hydrogens is 232 g/mol. The van der Waals surface area contributed by atoms with Gasteiger partial charge in [0.25, 0.3) is 5.56 Å². The predicted octanol–water partition coefficient (Wildman–Crippen LogP) is 2.85. The highest BCUT2D eigenvalue weighted by Crippen LogP contribution is 2.17. The van der Waals surface area contributed by atoms with E-state index >= 15 is 0 Å². The lowest BCUT2D eigenvalue weighted by Crippen LogP contribution is -2.17. The molecule has 0 unspecified atom stereocenters. The van der Waals surface area contributed by atoms with E-state index in [0.717, 1.165) is 12.2 Å². The predicted molar refractivity (Wildman–Crippen MR) is 72.8 cm³/mol. The molecule has 0 fully saturated rings. The van der Waals surface area contributed by atoms with Gasteiger partial charge in [-0.25, -0.2) is 0 Å². The number of hydrogen-bond acceptors (Lipinski definition) is 3. The third-order valence-corrected chi connectivity index (χ3v) is 3.77. The minimum Gasteiger partial charge on any atom is -0.379 e. The van der Waals surface area contributed by atoms with Gasteiger partial charge in [0.1, 0.15) is 0 Å². The monoisotopic (exact) mass is 248 g/mol. The Morgan fingerprint density at radius 2 is 2.18 bits per heavy atom. The van der Waals surface area contributed by atoms with E-state index in [2.05, 4.69) is 23.7 Å². The van der Waals surface area contributed by atoms with Gasteiger partial charge in [-0.15, -0.1) is 11.3 Å². The van der Waals surface area contributed by atoms with E-state index in [9.17, 15) is 4.79 Å². The number of aromatic nitrogens is 1. The first-order valence-electron chi connectivity index (χ1n) is 5.68. The number of nitrogens with zero attached hydrogens (tertiary/aromatic N) is 1. The standard InChI is InChI=1S/C13H16N2OS/c1-3-15-9-11(4-5-13(15)16)14-8-12-10(2)6-7-17-12/h4-7,9,14H,3,8H2,1-2H3. The van der Waals surface area contributed by atoms with Crippen molar-refractivity contribution in [3.05, 3.63) is 50.6 Å². The minimum atomic E-state index is 0.0466. The molecule has 4 heteroatoms. The Balaban J connectivity index is 2.09. The molecule has 0 atom stereocenters. The van der Waals surface area contributed by atoms with E-state index in [0.29, 0.717) is 6.54 Å². The Kier molecular flexibility index (Phi) is 3.64. The van der Waals surface area contributed by atoms with Crippen LogP contribution in [0.4, 0.5) is 5.69 Å². The van der Waals surface area contributed by atoms with Crippen LogP contribution in [0.15, 0.2) is 34.6 Å². The van der Waals surface area contributed by atoms with Crippen LogP contribution in [-0.2, 0) is 13.1 Å². The summed E-state index contributed by atoms with van der Waals surface area (Å²) in [4.78, 5) is 12.8. The number of thiophene rings is 1. The van der Waals surface area contributed by atoms with Crippen LogP contribution in [0.3, 0.4) is 0 Å². The van der Waals surface area contributed by atoms with Crippen molar-refractivity contribution in [2.75, 3.05) is 5.32 Å². The van der Waals surface area contributed by atoms with Crippen molar-refractivity contribution in [1.29, 1.82) is 0 Å². The lowest BCUT2D eigenvalue weighted by molar-refractivity contribution is 0.728. The summed E-state index contributed by atoms with van der Waals surface area (Å²) in [6, 6.07) is 5.55. The number of rotatable bonds is 4. The molecule has 3 nitrogen and oxygen atoms in total. The third kappa shape index (κ3) is 2.77. The van der Waals surface area contributed by atoms with Gasteiger partial charge in [-0.3, -0.25) is 4.79 Å². The number of nitrogens with one attached hydrogen (secondary N) is 1. The van der Waals surface area contributed by atoms with Crippen molar-refractivity contribution in [3.63, 3.8) is 0 Å². The highest BCUT2D eigenvalue weighted by Gasteiger charge is 2.00. The molecule has 0 aromatic carbocycles. The number of anilines is 1. The van der Waals surface area contributed by atoms with E-state index in [1.54, 1.807) is 22.0 Å². The molecule has 17 heavy (non-hydrogen) atoms. The average Bonchev–Trinajstić information content (AvgIpc) is 2.74. The fraction of sp³-hybridized carbons (Fsp3) is 0.308. The second kappa shape index (κ2) is 5.19. The van der Waals surface area contributed by atoms with E-state index < -0.39 is 0 Å². The van der Waals surface area contributed by atoms with Gasteiger partial charge in [-0.05, 0) is 36.9 Å². The smallest absolute Gasteiger partial charge is 0.250 e. The van der Waals surface area contributed by atoms with Gasteiger partial charge < -0.3 is 9.88 Å². The zero-order valence-corrected chi connectivity index (χ0v) is 10.9. The molecule has 2 rings (SSSR count). The Morgan fingerprint density at radius 3 is 2.82 bits per heavy atom. The van der Waals surface area contributed by atoms with Crippen molar-refractivity contribution < 1.29 is 0 Å². The fourth-order valence-corrected chi connectivity index (χ4v) is 2.50. The summed E-state index contributed by atoms with van der Waals surface area (Å²) in [5.41, 5.74) is 2.34. The Morgan fingerprint density at radius 1 is 1.35 bits per heavy atom. The van der Waals surface area contributed by atoms with Crippen LogP contribution in [0, 0.1) is 6.92 Å². The average molecular weight is 248 g/mol. The summed E-state index contributed by atoms with van der Waals surface area (Å²) >= 11 is 1.75. The summed E-state index contributed by atoms with van der Waals surface area (Å²) in [6.07, 6.45) is 1.87. The highest BCUT2D eigenvalue weighted by atomic mass is 32.1. The fourth-order valence-electron chi connectivity index (χ4n) is 1.65. The zero-order valence-electron chi connectivity index (χ0n) is 10.1. The Labute approximate surface area is 105 Å². The van der Waals surface area contributed by atoms with Crippen molar-refractivity contribution in [2.45, 2.75) is 26.9 Å². The second-order valence-corrected chi connectivity index (χ2v) is 4.92. The van der Waals surface area contributed by atoms with Gasteiger partial charge in [0.05, 0.1) is 5.69 Å². The lowest BCUT2D eigenvalue weighted by Gasteiger charge is -2.08. The molecule has 2 aromatic rings. The number of pyridine rings is 1.